The van der Waals surface area contributed by atoms with E-state index in [0.29, 0.717) is 18.0 Å². The first-order chi connectivity index (χ1) is 14.3. The van der Waals surface area contributed by atoms with E-state index >= 15 is 0 Å². The average Bonchev–Trinajstić information content (AvgIpc) is 3.34. The van der Waals surface area contributed by atoms with E-state index in [0.717, 1.165) is 36.1 Å². The number of aliphatic hydroxyl groups is 1. The van der Waals surface area contributed by atoms with Crippen molar-refractivity contribution in [2.24, 2.45) is 11.3 Å². The van der Waals surface area contributed by atoms with Gasteiger partial charge in [-0.25, -0.2) is 4.98 Å². The number of ketones is 1. The molecular weight excluding hydrogens is 392 g/mol. The first kappa shape index (κ1) is 22.7. The van der Waals surface area contributed by atoms with Gasteiger partial charge < -0.3 is 9.67 Å². The first-order valence-electron chi connectivity index (χ1n) is 11.0. The fourth-order valence-corrected chi connectivity index (χ4v) is 4.76. The number of fused-ring (bicyclic) bond motifs is 1. The van der Waals surface area contributed by atoms with Gasteiger partial charge in [-0.3, -0.25) is 4.79 Å². The highest BCUT2D eigenvalue weighted by Crippen LogP contribution is 2.31. The van der Waals surface area contributed by atoms with E-state index in [-0.39, 0.29) is 23.7 Å². The number of imidazole rings is 1. The van der Waals surface area contributed by atoms with Crippen LogP contribution in [-0.4, -0.2) is 27.0 Å². The molecular formula is C25H34N2O2S. The van der Waals surface area contributed by atoms with Crippen LogP contribution < -0.4 is 0 Å². The Kier molecular flexibility index (Phi) is 7.14. The molecule has 0 aliphatic carbocycles. The Morgan fingerprint density at radius 3 is 2.50 bits per heavy atom. The van der Waals surface area contributed by atoms with Crippen molar-refractivity contribution >= 4 is 28.2 Å². The minimum Gasteiger partial charge on any atom is -0.396 e. The van der Waals surface area contributed by atoms with Crippen LogP contribution in [0.5, 0.6) is 0 Å². The highest BCUT2D eigenvalue weighted by atomic mass is 32.1. The molecule has 162 valence electrons. The lowest BCUT2D eigenvalue weighted by Gasteiger charge is -2.28. The summed E-state index contributed by atoms with van der Waals surface area (Å²) in [6, 6.07) is 10.5. The van der Waals surface area contributed by atoms with Gasteiger partial charge in [-0.2, -0.15) is 0 Å². The molecule has 0 saturated heterocycles. The zero-order chi connectivity index (χ0) is 21.9. The highest BCUT2D eigenvalue weighted by molar-refractivity contribution is 7.09. The number of carbonyl (C=O) groups excluding carboxylic acids is 1. The second kappa shape index (κ2) is 9.44. The zero-order valence-electron chi connectivity index (χ0n) is 18.8. The molecule has 3 aromatic rings. The smallest absolute Gasteiger partial charge is 0.163 e. The van der Waals surface area contributed by atoms with Crippen molar-refractivity contribution < 1.29 is 9.90 Å². The molecule has 4 nitrogen and oxygen atoms in total. The normalized spacial score (nSPS) is 13.3. The van der Waals surface area contributed by atoms with Crippen LogP contribution >= 0.6 is 11.3 Å². The summed E-state index contributed by atoms with van der Waals surface area (Å²) in [6.45, 7) is 10.7. The SMILES string of the molecule is CCC(CC)n1c(Cc2cccs2)nc2cc(C(=O)C[C@H](CO)C(C)(C)C)ccc21. The van der Waals surface area contributed by atoms with Gasteiger partial charge in [0.25, 0.3) is 0 Å². The molecule has 30 heavy (non-hydrogen) atoms. The minimum atomic E-state index is -0.112. The molecule has 1 atom stereocenters. The van der Waals surface area contributed by atoms with Crippen LogP contribution in [0.25, 0.3) is 11.0 Å². The zero-order valence-corrected chi connectivity index (χ0v) is 19.6. The Bertz CT molecular complexity index is 979. The summed E-state index contributed by atoms with van der Waals surface area (Å²) in [5.74, 6) is 1.08. The van der Waals surface area contributed by atoms with Gasteiger partial charge in [0, 0.05) is 35.9 Å². The van der Waals surface area contributed by atoms with Crippen molar-refractivity contribution in [1.82, 2.24) is 9.55 Å². The van der Waals surface area contributed by atoms with E-state index in [4.69, 9.17) is 4.98 Å². The topological polar surface area (TPSA) is 55.1 Å². The van der Waals surface area contributed by atoms with Gasteiger partial charge in [-0.05, 0) is 53.8 Å². The molecule has 0 aliphatic rings. The van der Waals surface area contributed by atoms with Crippen molar-refractivity contribution in [3.63, 3.8) is 0 Å². The number of carbonyl (C=O) groups is 1. The Morgan fingerprint density at radius 2 is 1.93 bits per heavy atom. The van der Waals surface area contributed by atoms with Gasteiger partial charge >= 0.3 is 0 Å². The lowest BCUT2D eigenvalue weighted by molar-refractivity contribution is 0.0818. The van der Waals surface area contributed by atoms with Crippen molar-refractivity contribution in [1.29, 1.82) is 0 Å². The number of hydrogen-bond acceptors (Lipinski definition) is 4. The number of aliphatic hydroxyl groups excluding tert-OH is 1. The number of aromatic nitrogens is 2. The van der Waals surface area contributed by atoms with Gasteiger partial charge in [0.2, 0.25) is 0 Å². The molecule has 0 spiro atoms. The van der Waals surface area contributed by atoms with E-state index in [1.165, 1.54) is 4.88 Å². The van der Waals surface area contributed by atoms with Gasteiger partial charge in [-0.1, -0.05) is 40.7 Å². The highest BCUT2D eigenvalue weighted by Gasteiger charge is 2.27. The predicted octanol–water partition coefficient (Wildman–Crippen LogP) is 6.28. The molecule has 2 heterocycles. The van der Waals surface area contributed by atoms with Crippen molar-refractivity contribution in [3.05, 3.63) is 52.0 Å². The summed E-state index contributed by atoms with van der Waals surface area (Å²) in [5, 5.41) is 11.8. The van der Waals surface area contributed by atoms with E-state index in [2.05, 4.69) is 62.8 Å². The third-order valence-corrected chi connectivity index (χ3v) is 7.06. The number of thiophene rings is 1. The molecule has 0 saturated carbocycles. The summed E-state index contributed by atoms with van der Waals surface area (Å²) in [4.78, 5) is 19.2. The minimum absolute atomic E-state index is 0.0196. The maximum atomic E-state index is 13.0. The summed E-state index contributed by atoms with van der Waals surface area (Å²) < 4.78 is 2.37. The fourth-order valence-electron chi connectivity index (χ4n) is 4.06. The van der Waals surface area contributed by atoms with Crippen LogP contribution in [0.3, 0.4) is 0 Å². The Hall–Kier alpha value is -1.98. The fraction of sp³-hybridized carbons (Fsp3) is 0.520. The summed E-state index contributed by atoms with van der Waals surface area (Å²) in [7, 11) is 0. The summed E-state index contributed by atoms with van der Waals surface area (Å²) in [5.41, 5.74) is 2.55. The van der Waals surface area contributed by atoms with E-state index in [1.807, 2.05) is 12.1 Å². The van der Waals surface area contributed by atoms with Crippen LogP contribution in [0, 0.1) is 11.3 Å². The maximum Gasteiger partial charge on any atom is 0.163 e. The molecule has 3 rings (SSSR count). The van der Waals surface area contributed by atoms with E-state index < -0.39 is 0 Å². The second-order valence-corrected chi connectivity index (χ2v) is 10.2. The Labute approximate surface area is 184 Å². The summed E-state index contributed by atoms with van der Waals surface area (Å²) in [6.07, 6.45) is 3.25. The Balaban J connectivity index is 1.98. The molecule has 0 bridgehead atoms. The van der Waals surface area contributed by atoms with Crippen LogP contribution in [0.4, 0.5) is 0 Å². The molecule has 0 fully saturated rings. The van der Waals surface area contributed by atoms with Gasteiger partial charge in [0.05, 0.1) is 11.0 Å². The van der Waals surface area contributed by atoms with Crippen LogP contribution in [-0.2, 0) is 6.42 Å². The van der Waals surface area contributed by atoms with Crippen molar-refractivity contribution in [2.75, 3.05) is 6.61 Å². The summed E-state index contributed by atoms with van der Waals surface area (Å²) >= 11 is 1.75. The predicted molar refractivity (Wildman–Crippen MR) is 125 cm³/mol. The molecule has 2 aromatic heterocycles. The van der Waals surface area contributed by atoms with E-state index in [9.17, 15) is 9.90 Å². The third kappa shape index (κ3) is 4.84. The van der Waals surface area contributed by atoms with Crippen LogP contribution in [0.2, 0.25) is 0 Å². The van der Waals surface area contributed by atoms with Gasteiger partial charge in [0.1, 0.15) is 5.82 Å². The Morgan fingerprint density at radius 1 is 1.20 bits per heavy atom. The molecule has 1 aromatic carbocycles. The van der Waals surface area contributed by atoms with Gasteiger partial charge in [0.15, 0.2) is 5.78 Å². The molecule has 0 amide bonds. The largest absolute Gasteiger partial charge is 0.396 e. The van der Waals surface area contributed by atoms with Gasteiger partial charge in [-0.15, -0.1) is 11.3 Å². The lowest BCUT2D eigenvalue weighted by Crippen LogP contribution is -2.26. The quantitative estimate of drug-likeness (QED) is 0.410. The number of benzene rings is 1. The molecule has 1 N–H and O–H groups in total. The molecule has 0 radical (unpaired) electrons. The molecule has 0 unspecified atom stereocenters. The third-order valence-electron chi connectivity index (χ3n) is 6.18. The number of Topliss-reactive ketones (excluding diaryl/α,β-unsaturated/α-hetero) is 1. The maximum absolute atomic E-state index is 13.0. The lowest BCUT2D eigenvalue weighted by atomic mass is 9.78. The van der Waals surface area contributed by atoms with Crippen molar-refractivity contribution in [3.8, 4) is 0 Å². The van der Waals surface area contributed by atoms with Crippen LogP contribution in [0.1, 0.15) is 81.0 Å². The van der Waals surface area contributed by atoms with Crippen molar-refractivity contribution in [2.45, 2.75) is 66.3 Å². The van der Waals surface area contributed by atoms with E-state index in [1.54, 1.807) is 11.3 Å². The number of nitrogens with zero attached hydrogens (tertiary/aromatic N) is 2. The molecule has 5 heteroatoms. The van der Waals surface area contributed by atoms with Crippen LogP contribution in [0.15, 0.2) is 35.7 Å². The number of hydrogen-bond donors (Lipinski definition) is 1. The molecule has 0 aliphatic heterocycles. The second-order valence-electron chi connectivity index (χ2n) is 9.20. The average molecular weight is 427 g/mol. The monoisotopic (exact) mass is 426 g/mol. The standard InChI is InChI=1S/C25H34N2O2S/c1-6-19(7-2)27-22-11-10-17(23(29)14-18(16-28)25(3,4)5)13-21(22)26-24(27)15-20-9-8-12-30-20/h8-13,18-19,28H,6-7,14-16H2,1-5H3/t18-/m1/s1. The number of rotatable bonds is 9. The first-order valence-corrected chi connectivity index (χ1v) is 11.8.